The van der Waals surface area contributed by atoms with Crippen LogP contribution in [-0.4, -0.2) is 5.60 Å². The summed E-state index contributed by atoms with van der Waals surface area (Å²) in [4.78, 5) is 0. The van der Waals surface area contributed by atoms with Crippen LogP contribution in [0.3, 0.4) is 0 Å². The van der Waals surface area contributed by atoms with E-state index in [0.717, 1.165) is 18.1 Å². The molecule has 1 heterocycles. The number of allylic oxidation sites excluding steroid dienone is 2. The van der Waals surface area contributed by atoms with Crippen LogP contribution in [0, 0.1) is 11.8 Å². The highest BCUT2D eigenvalue weighted by Gasteiger charge is 2.33. The summed E-state index contributed by atoms with van der Waals surface area (Å²) in [6.07, 6.45) is 7.47. The number of rotatable bonds is 5. The fourth-order valence-electron chi connectivity index (χ4n) is 3.78. The second kappa shape index (κ2) is 5.76. The minimum Gasteiger partial charge on any atom is -0.488 e. The van der Waals surface area contributed by atoms with Gasteiger partial charge in [0.1, 0.15) is 11.4 Å². The fraction of sp³-hybridized carbons (Fsp3) is 0.619. The Balaban J connectivity index is 1.69. The van der Waals surface area contributed by atoms with Gasteiger partial charge in [0, 0.05) is 5.92 Å². The first kappa shape index (κ1) is 15.6. The van der Waals surface area contributed by atoms with Crippen LogP contribution < -0.4 is 4.74 Å². The molecular weight excluding hydrogens is 268 g/mol. The van der Waals surface area contributed by atoms with Gasteiger partial charge in [-0.25, -0.2) is 0 Å². The molecule has 0 aromatic heterocycles. The molecule has 22 heavy (non-hydrogen) atoms. The summed E-state index contributed by atoms with van der Waals surface area (Å²) < 4.78 is 6.23. The first-order valence-corrected chi connectivity index (χ1v) is 8.94. The predicted octanol–water partition coefficient (Wildman–Crippen LogP) is 6.19. The van der Waals surface area contributed by atoms with Crippen molar-refractivity contribution in [2.75, 3.05) is 0 Å². The molecule has 3 rings (SSSR count). The molecule has 1 nitrogen and oxygen atoms in total. The number of fused-ring (bicyclic) bond motifs is 1. The summed E-state index contributed by atoms with van der Waals surface area (Å²) >= 11 is 0. The van der Waals surface area contributed by atoms with Crippen LogP contribution >= 0.6 is 0 Å². The lowest BCUT2D eigenvalue weighted by atomic mass is 9.85. The van der Waals surface area contributed by atoms with Gasteiger partial charge in [0.05, 0.1) is 0 Å². The lowest BCUT2D eigenvalue weighted by Crippen LogP contribution is -2.34. The standard InChI is InChI=1S/C21H30O/c1-6-14(2)7-8-16-11-19(16)17-9-10-18-15(3)13-21(4,5)22-20(18)12-17/h9-12,14-16H,6-8,13H2,1-5H3/t14-,15?,16?/m1/s1. The number of hydrogen-bond acceptors (Lipinski definition) is 1. The average molecular weight is 298 g/mol. The van der Waals surface area contributed by atoms with Crippen LogP contribution in [0.15, 0.2) is 24.3 Å². The third-order valence-corrected chi connectivity index (χ3v) is 5.40. The molecule has 1 aliphatic carbocycles. The van der Waals surface area contributed by atoms with E-state index in [-0.39, 0.29) is 5.60 Å². The smallest absolute Gasteiger partial charge is 0.124 e. The Bertz CT molecular complexity index is 582. The van der Waals surface area contributed by atoms with Crippen molar-refractivity contribution in [2.24, 2.45) is 11.8 Å². The van der Waals surface area contributed by atoms with E-state index in [4.69, 9.17) is 4.74 Å². The Morgan fingerprint density at radius 1 is 1.32 bits per heavy atom. The normalized spacial score (nSPS) is 26.7. The number of ether oxygens (including phenoxy) is 1. The second-order valence-electron chi connectivity index (χ2n) is 8.04. The van der Waals surface area contributed by atoms with E-state index >= 15 is 0 Å². The van der Waals surface area contributed by atoms with Crippen LogP contribution in [0.25, 0.3) is 5.57 Å². The van der Waals surface area contributed by atoms with Crippen LogP contribution in [0.2, 0.25) is 0 Å². The molecule has 2 unspecified atom stereocenters. The maximum atomic E-state index is 6.23. The van der Waals surface area contributed by atoms with Crippen molar-refractivity contribution in [2.45, 2.75) is 71.8 Å². The second-order valence-corrected chi connectivity index (χ2v) is 8.04. The summed E-state index contributed by atoms with van der Waals surface area (Å²) in [5, 5.41) is 0. The minimum atomic E-state index is -0.0427. The van der Waals surface area contributed by atoms with Crippen LogP contribution in [0.1, 0.15) is 77.3 Å². The highest BCUT2D eigenvalue weighted by atomic mass is 16.5. The molecule has 0 N–H and O–H groups in total. The average Bonchev–Trinajstić information content (AvgIpc) is 3.22. The molecule has 0 saturated carbocycles. The lowest BCUT2D eigenvalue weighted by molar-refractivity contribution is 0.0746. The van der Waals surface area contributed by atoms with E-state index in [2.05, 4.69) is 58.9 Å². The Kier molecular flexibility index (Phi) is 4.09. The van der Waals surface area contributed by atoms with Crippen molar-refractivity contribution in [3.05, 3.63) is 35.4 Å². The van der Waals surface area contributed by atoms with Crippen molar-refractivity contribution < 1.29 is 4.74 Å². The molecule has 120 valence electrons. The summed E-state index contributed by atoms with van der Waals surface area (Å²) in [7, 11) is 0. The zero-order valence-corrected chi connectivity index (χ0v) is 14.8. The maximum Gasteiger partial charge on any atom is 0.124 e. The maximum absolute atomic E-state index is 6.23. The monoisotopic (exact) mass is 298 g/mol. The number of benzene rings is 1. The molecule has 3 atom stereocenters. The molecule has 1 aromatic rings. The SMILES string of the molecule is CC[C@@H](C)CCC1C=C1c1ccc2c(c1)OC(C)(C)CC2C. The molecule has 1 aromatic carbocycles. The van der Waals surface area contributed by atoms with Gasteiger partial charge >= 0.3 is 0 Å². The van der Waals surface area contributed by atoms with Crippen LogP contribution in [-0.2, 0) is 0 Å². The molecule has 0 fully saturated rings. The molecule has 0 saturated heterocycles. The van der Waals surface area contributed by atoms with E-state index in [9.17, 15) is 0 Å². The van der Waals surface area contributed by atoms with Crippen molar-refractivity contribution in [3.63, 3.8) is 0 Å². The van der Waals surface area contributed by atoms with Crippen LogP contribution in [0.4, 0.5) is 0 Å². The summed E-state index contributed by atoms with van der Waals surface area (Å²) in [5.74, 6) is 3.25. The molecular formula is C21H30O. The fourth-order valence-corrected chi connectivity index (χ4v) is 3.78. The summed E-state index contributed by atoms with van der Waals surface area (Å²) in [6.45, 7) is 11.4. The van der Waals surface area contributed by atoms with E-state index in [1.54, 1.807) is 0 Å². The van der Waals surface area contributed by atoms with Gasteiger partial charge in [-0.15, -0.1) is 0 Å². The van der Waals surface area contributed by atoms with Gasteiger partial charge in [-0.1, -0.05) is 45.4 Å². The van der Waals surface area contributed by atoms with E-state index in [0.29, 0.717) is 11.8 Å². The predicted molar refractivity (Wildman–Crippen MR) is 94.3 cm³/mol. The highest BCUT2D eigenvalue weighted by Crippen LogP contribution is 2.46. The molecule has 0 radical (unpaired) electrons. The topological polar surface area (TPSA) is 9.23 Å². The quantitative estimate of drug-likeness (QED) is 0.629. The van der Waals surface area contributed by atoms with Gasteiger partial charge in [0.2, 0.25) is 0 Å². The van der Waals surface area contributed by atoms with Crippen molar-refractivity contribution in [1.29, 1.82) is 0 Å². The summed E-state index contributed by atoms with van der Waals surface area (Å²) in [6, 6.07) is 6.86. The Morgan fingerprint density at radius 3 is 2.82 bits per heavy atom. The Hall–Kier alpha value is -1.24. The minimum absolute atomic E-state index is 0.0427. The van der Waals surface area contributed by atoms with Crippen molar-refractivity contribution >= 4 is 5.57 Å². The summed E-state index contributed by atoms with van der Waals surface area (Å²) in [5.41, 5.74) is 4.24. The zero-order valence-electron chi connectivity index (χ0n) is 14.8. The third-order valence-electron chi connectivity index (χ3n) is 5.40. The van der Waals surface area contributed by atoms with Gasteiger partial charge in [0.15, 0.2) is 0 Å². The van der Waals surface area contributed by atoms with E-state index in [1.807, 2.05) is 0 Å². The van der Waals surface area contributed by atoms with E-state index < -0.39 is 0 Å². The Labute approximate surface area is 135 Å². The van der Waals surface area contributed by atoms with Crippen LogP contribution in [0.5, 0.6) is 5.75 Å². The van der Waals surface area contributed by atoms with Crippen molar-refractivity contribution in [1.82, 2.24) is 0 Å². The number of hydrogen-bond donors (Lipinski definition) is 0. The van der Waals surface area contributed by atoms with Gasteiger partial charge < -0.3 is 4.74 Å². The Morgan fingerprint density at radius 2 is 2.09 bits per heavy atom. The molecule has 0 amide bonds. The largest absolute Gasteiger partial charge is 0.488 e. The van der Waals surface area contributed by atoms with Crippen molar-refractivity contribution in [3.8, 4) is 5.75 Å². The molecule has 2 aliphatic rings. The molecule has 0 spiro atoms. The molecule has 1 heteroatoms. The highest BCUT2D eigenvalue weighted by molar-refractivity contribution is 5.81. The van der Waals surface area contributed by atoms with E-state index in [1.165, 1.54) is 36.0 Å². The van der Waals surface area contributed by atoms with Gasteiger partial charge in [-0.05, 0) is 67.7 Å². The molecule has 0 bridgehead atoms. The third kappa shape index (κ3) is 3.24. The first-order chi connectivity index (χ1) is 10.4. The van der Waals surface area contributed by atoms with Gasteiger partial charge in [-0.3, -0.25) is 0 Å². The van der Waals surface area contributed by atoms with Gasteiger partial charge in [-0.2, -0.15) is 0 Å². The first-order valence-electron chi connectivity index (χ1n) is 8.94. The lowest BCUT2D eigenvalue weighted by Gasteiger charge is -2.36. The van der Waals surface area contributed by atoms with Gasteiger partial charge in [0.25, 0.3) is 0 Å². The zero-order chi connectivity index (χ0) is 15.9. The molecule has 1 aliphatic heterocycles.